The van der Waals surface area contributed by atoms with Crippen LogP contribution in [-0.2, 0) is 5.41 Å². The molecule has 0 unspecified atom stereocenters. The van der Waals surface area contributed by atoms with Crippen LogP contribution < -0.4 is 0 Å². The third kappa shape index (κ3) is 4.49. The smallest absolute Gasteiger partial charge is 0.160 e. The highest BCUT2D eigenvalue weighted by Gasteiger charge is 2.45. The Kier molecular flexibility index (Phi) is 6.42. The molecule has 2 aliphatic carbocycles. The molecule has 0 atom stereocenters. The average Bonchev–Trinajstić information content (AvgIpc) is 3.68. The van der Waals surface area contributed by atoms with Gasteiger partial charge in [-0.15, -0.1) is 0 Å². The highest BCUT2D eigenvalue weighted by Crippen LogP contribution is 2.58. The molecule has 2 aliphatic rings. The van der Waals surface area contributed by atoms with Crippen molar-refractivity contribution >= 4 is 21.9 Å². The Morgan fingerprint density at radius 2 is 1.04 bits per heavy atom. The first-order chi connectivity index (χ1) is 24.2. The van der Waals surface area contributed by atoms with Crippen molar-refractivity contribution < 1.29 is 4.42 Å². The van der Waals surface area contributed by atoms with Crippen LogP contribution in [0.3, 0.4) is 0 Å². The molecule has 0 bridgehead atoms. The van der Waals surface area contributed by atoms with Gasteiger partial charge in [-0.1, -0.05) is 128 Å². The first-order valence-electron chi connectivity index (χ1n) is 17.5. The molecule has 0 aliphatic heterocycles. The molecule has 2 aromatic heterocycles. The second-order valence-electron chi connectivity index (χ2n) is 13.6. The van der Waals surface area contributed by atoms with Crippen molar-refractivity contribution in [3.8, 4) is 56.2 Å². The van der Waals surface area contributed by atoms with Crippen molar-refractivity contribution in [2.24, 2.45) is 0 Å². The van der Waals surface area contributed by atoms with Gasteiger partial charge >= 0.3 is 0 Å². The minimum Gasteiger partial charge on any atom is -0.456 e. The van der Waals surface area contributed by atoms with E-state index in [-0.39, 0.29) is 5.41 Å². The Balaban J connectivity index is 1.14. The van der Waals surface area contributed by atoms with Crippen molar-refractivity contribution in [2.45, 2.75) is 37.5 Å². The molecule has 6 aromatic carbocycles. The van der Waals surface area contributed by atoms with E-state index in [1.165, 1.54) is 65.5 Å². The van der Waals surface area contributed by atoms with Crippen LogP contribution in [0.5, 0.6) is 0 Å². The molecule has 3 nitrogen and oxygen atoms in total. The second kappa shape index (κ2) is 11.1. The van der Waals surface area contributed by atoms with E-state index in [0.29, 0.717) is 5.82 Å². The van der Waals surface area contributed by atoms with Gasteiger partial charge in [-0.25, -0.2) is 9.97 Å². The largest absolute Gasteiger partial charge is 0.456 e. The molecule has 3 heteroatoms. The zero-order valence-corrected chi connectivity index (χ0v) is 27.2. The summed E-state index contributed by atoms with van der Waals surface area (Å²) in [5.41, 5.74) is 15.2. The van der Waals surface area contributed by atoms with Gasteiger partial charge in [0.15, 0.2) is 5.82 Å². The van der Waals surface area contributed by atoms with Crippen LogP contribution in [0.2, 0.25) is 0 Å². The highest BCUT2D eigenvalue weighted by molar-refractivity contribution is 6.08. The van der Waals surface area contributed by atoms with Crippen molar-refractivity contribution in [3.05, 3.63) is 157 Å². The number of furan rings is 1. The molecule has 0 N–H and O–H groups in total. The lowest BCUT2D eigenvalue weighted by Crippen LogP contribution is -2.28. The summed E-state index contributed by atoms with van der Waals surface area (Å²) in [6.45, 7) is 0. The summed E-state index contributed by atoms with van der Waals surface area (Å²) in [5.74, 6) is 0.715. The van der Waals surface area contributed by atoms with E-state index in [1.54, 1.807) is 0 Å². The lowest BCUT2D eigenvalue weighted by Gasteiger charge is -2.37. The lowest BCUT2D eigenvalue weighted by molar-refractivity contribution is 0.353. The maximum Gasteiger partial charge on any atom is 0.160 e. The molecular weight excluding hydrogens is 597 g/mol. The topological polar surface area (TPSA) is 38.9 Å². The highest BCUT2D eigenvalue weighted by atomic mass is 16.3. The normalized spacial score (nSPS) is 14.7. The second-order valence-corrected chi connectivity index (χ2v) is 13.6. The van der Waals surface area contributed by atoms with Crippen LogP contribution in [0.25, 0.3) is 78.1 Å². The predicted octanol–water partition coefficient (Wildman–Crippen LogP) is 12.3. The number of aromatic nitrogens is 2. The minimum absolute atomic E-state index is 0.0846. The van der Waals surface area contributed by atoms with Gasteiger partial charge in [0.2, 0.25) is 0 Å². The SMILES string of the molecule is c1ccc(-c2cc(-c3ccc4oc5ccc(-c6cccc7c6C6(CCCCC6)c6ccccc6-7)cc5c4c3)nc(-c3ccccc3)n2)cc1. The van der Waals surface area contributed by atoms with Crippen LogP contribution in [0.4, 0.5) is 0 Å². The number of fused-ring (bicyclic) bond motifs is 8. The van der Waals surface area contributed by atoms with Gasteiger partial charge in [0.05, 0.1) is 11.4 Å². The number of benzene rings is 6. The molecule has 1 spiro atoms. The summed E-state index contributed by atoms with van der Waals surface area (Å²) >= 11 is 0. The fourth-order valence-electron chi connectivity index (χ4n) is 8.65. The monoisotopic (exact) mass is 630 g/mol. The number of hydrogen-bond donors (Lipinski definition) is 0. The molecule has 0 amide bonds. The third-order valence-electron chi connectivity index (χ3n) is 10.9. The summed E-state index contributed by atoms with van der Waals surface area (Å²) < 4.78 is 6.44. The number of rotatable bonds is 4. The quantitative estimate of drug-likeness (QED) is 0.194. The van der Waals surface area contributed by atoms with Crippen molar-refractivity contribution in [1.82, 2.24) is 9.97 Å². The molecule has 234 valence electrons. The van der Waals surface area contributed by atoms with Gasteiger partial charge < -0.3 is 4.42 Å². The fraction of sp³-hybridized carbons (Fsp3) is 0.130. The number of nitrogens with zero attached hydrogens (tertiary/aromatic N) is 2. The third-order valence-corrected chi connectivity index (χ3v) is 10.9. The molecule has 0 radical (unpaired) electrons. The van der Waals surface area contributed by atoms with Crippen LogP contribution in [0.15, 0.2) is 150 Å². The van der Waals surface area contributed by atoms with E-state index in [4.69, 9.17) is 14.4 Å². The van der Waals surface area contributed by atoms with E-state index >= 15 is 0 Å². The maximum absolute atomic E-state index is 6.44. The van der Waals surface area contributed by atoms with Crippen molar-refractivity contribution in [3.63, 3.8) is 0 Å². The fourth-order valence-corrected chi connectivity index (χ4v) is 8.65. The average molecular weight is 631 g/mol. The Hall–Kier alpha value is -5.80. The molecule has 2 heterocycles. The molecule has 1 saturated carbocycles. The molecule has 49 heavy (non-hydrogen) atoms. The Morgan fingerprint density at radius 1 is 0.449 bits per heavy atom. The molecule has 8 aromatic rings. The minimum atomic E-state index is 0.0846. The molecule has 10 rings (SSSR count). The van der Waals surface area contributed by atoms with Crippen molar-refractivity contribution in [1.29, 1.82) is 0 Å². The Bertz CT molecular complexity index is 2470. The first kappa shape index (κ1) is 28.2. The summed E-state index contributed by atoms with van der Waals surface area (Å²) in [6.07, 6.45) is 6.30. The van der Waals surface area contributed by atoms with Crippen LogP contribution in [0.1, 0.15) is 43.2 Å². The van der Waals surface area contributed by atoms with Crippen LogP contribution in [-0.4, -0.2) is 9.97 Å². The Labute approximate surface area is 285 Å². The van der Waals surface area contributed by atoms with Gasteiger partial charge in [-0.3, -0.25) is 0 Å². The summed E-state index contributed by atoms with van der Waals surface area (Å²) in [5, 5.41) is 2.22. The molecule has 1 fully saturated rings. The van der Waals surface area contributed by atoms with Crippen LogP contribution in [0, 0.1) is 0 Å². The molecule has 0 saturated heterocycles. The predicted molar refractivity (Wildman–Crippen MR) is 200 cm³/mol. The standard InChI is InChI=1S/C46H34N2O/c1-4-13-30(14-5-1)40-29-41(48-45(47-40)31-15-6-2-7-16-31)33-22-24-43-38(28-33)37-27-32(21-23-42(37)49-43)34-18-12-19-36-35-17-8-9-20-39(35)46(44(34)36)25-10-3-11-26-46/h1-2,4-9,12-24,27-29H,3,10-11,25-26H2. The lowest BCUT2D eigenvalue weighted by atomic mass is 9.66. The van der Waals surface area contributed by atoms with Gasteiger partial charge in [-0.2, -0.15) is 0 Å². The van der Waals surface area contributed by atoms with Crippen LogP contribution >= 0.6 is 0 Å². The van der Waals surface area contributed by atoms with E-state index in [2.05, 4.69) is 121 Å². The first-order valence-corrected chi connectivity index (χ1v) is 17.5. The van der Waals surface area contributed by atoms with E-state index in [0.717, 1.165) is 50.0 Å². The van der Waals surface area contributed by atoms with Gasteiger partial charge in [0.25, 0.3) is 0 Å². The van der Waals surface area contributed by atoms with E-state index in [1.807, 2.05) is 24.3 Å². The Morgan fingerprint density at radius 3 is 1.80 bits per heavy atom. The van der Waals surface area contributed by atoms with E-state index < -0.39 is 0 Å². The summed E-state index contributed by atoms with van der Waals surface area (Å²) in [7, 11) is 0. The van der Waals surface area contributed by atoms with Gasteiger partial charge in [-0.05, 0) is 82.6 Å². The van der Waals surface area contributed by atoms with Gasteiger partial charge in [0, 0.05) is 32.9 Å². The summed E-state index contributed by atoms with van der Waals surface area (Å²) in [4.78, 5) is 10.1. The van der Waals surface area contributed by atoms with Gasteiger partial charge in [0.1, 0.15) is 11.2 Å². The zero-order valence-electron chi connectivity index (χ0n) is 27.2. The molecular formula is C46H34N2O. The summed E-state index contributed by atoms with van der Waals surface area (Å²) in [6, 6.07) is 51.9. The van der Waals surface area contributed by atoms with E-state index in [9.17, 15) is 0 Å². The zero-order chi connectivity index (χ0) is 32.4. The maximum atomic E-state index is 6.44. The van der Waals surface area contributed by atoms with Crippen molar-refractivity contribution in [2.75, 3.05) is 0 Å². The number of hydrogen-bond acceptors (Lipinski definition) is 3.